The van der Waals surface area contributed by atoms with Gasteiger partial charge in [-0.2, -0.15) is 11.8 Å². The third-order valence-corrected chi connectivity index (χ3v) is 4.22. The lowest BCUT2D eigenvalue weighted by Gasteiger charge is -2.28. The van der Waals surface area contributed by atoms with Crippen LogP contribution in [-0.4, -0.2) is 45.5 Å². The molecule has 2 fully saturated rings. The zero-order chi connectivity index (χ0) is 11.5. The van der Waals surface area contributed by atoms with Crippen LogP contribution in [0.25, 0.3) is 0 Å². The van der Waals surface area contributed by atoms with Gasteiger partial charge in [0.25, 0.3) is 0 Å². The molecule has 1 aliphatic heterocycles. The lowest BCUT2D eigenvalue weighted by molar-refractivity contribution is -0.141. The van der Waals surface area contributed by atoms with Gasteiger partial charge in [-0.05, 0) is 25.0 Å². The van der Waals surface area contributed by atoms with Crippen molar-refractivity contribution in [2.24, 2.45) is 0 Å². The maximum absolute atomic E-state index is 12.0. The number of hydrogen-bond acceptors (Lipinski definition) is 3. The van der Waals surface area contributed by atoms with Gasteiger partial charge < -0.3 is 10.0 Å². The summed E-state index contributed by atoms with van der Waals surface area (Å²) in [5.41, 5.74) is 0. The molecular weight excluding hydrogens is 226 g/mol. The molecule has 0 radical (unpaired) electrons. The highest BCUT2D eigenvalue weighted by atomic mass is 32.2. The number of nitrogens with zero attached hydrogens (tertiary/aromatic N) is 1. The van der Waals surface area contributed by atoms with E-state index >= 15 is 0 Å². The second kappa shape index (κ2) is 5.08. The van der Waals surface area contributed by atoms with Crippen molar-refractivity contribution < 1.29 is 14.7 Å². The quantitative estimate of drug-likeness (QED) is 0.792. The van der Waals surface area contributed by atoms with Crippen LogP contribution in [-0.2, 0) is 9.59 Å². The lowest BCUT2D eigenvalue weighted by atomic mass is 10.2. The normalized spacial score (nSPS) is 24.4. The van der Waals surface area contributed by atoms with Crippen molar-refractivity contribution in [2.75, 3.05) is 11.5 Å². The average molecular weight is 243 g/mol. The summed E-state index contributed by atoms with van der Waals surface area (Å²) in [5, 5.41) is 8.59. The van der Waals surface area contributed by atoms with Gasteiger partial charge in [0.2, 0.25) is 5.91 Å². The lowest BCUT2D eigenvalue weighted by Crippen LogP contribution is -2.42. The topological polar surface area (TPSA) is 57.6 Å². The monoisotopic (exact) mass is 243 g/mol. The Labute approximate surface area is 99.4 Å². The number of amides is 1. The summed E-state index contributed by atoms with van der Waals surface area (Å²) in [6.45, 7) is 0. The van der Waals surface area contributed by atoms with Gasteiger partial charge in [-0.15, -0.1) is 0 Å². The van der Waals surface area contributed by atoms with Gasteiger partial charge in [-0.25, -0.2) is 0 Å². The van der Waals surface area contributed by atoms with Crippen molar-refractivity contribution in [3.05, 3.63) is 0 Å². The summed E-state index contributed by atoms with van der Waals surface area (Å²) in [7, 11) is 0. The van der Waals surface area contributed by atoms with Crippen LogP contribution in [0.3, 0.4) is 0 Å². The first kappa shape index (κ1) is 11.8. The highest BCUT2D eigenvalue weighted by Gasteiger charge is 2.38. The third-order valence-electron chi connectivity index (χ3n) is 3.08. The largest absolute Gasteiger partial charge is 0.481 e. The zero-order valence-corrected chi connectivity index (χ0v) is 10.0. The molecule has 1 saturated heterocycles. The van der Waals surface area contributed by atoms with Crippen LogP contribution in [0.1, 0.15) is 32.1 Å². The minimum absolute atomic E-state index is 0.0393. The van der Waals surface area contributed by atoms with Crippen LogP contribution in [0.5, 0.6) is 0 Å². The van der Waals surface area contributed by atoms with Crippen molar-refractivity contribution >= 4 is 23.6 Å². The zero-order valence-electron chi connectivity index (χ0n) is 9.22. The molecule has 1 aliphatic carbocycles. The molecule has 0 aromatic carbocycles. The van der Waals surface area contributed by atoms with E-state index in [4.69, 9.17) is 5.11 Å². The Morgan fingerprint density at radius 1 is 1.19 bits per heavy atom. The number of carbonyl (C=O) groups is 2. The number of aliphatic carboxylic acids is 1. The minimum atomic E-state index is -0.884. The molecule has 1 saturated carbocycles. The van der Waals surface area contributed by atoms with Crippen LogP contribution < -0.4 is 0 Å². The summed E-state index contributed by atoms with van der Waals surface area (Å²) in [6, 6.07) is 0.767. The van der Waals surface area contributed by atoms with E-state index in [0.29, 0.717) is 12.1 Å². The van der Waals surface area contributed by atoms with E-state index in [9.17, 15) is 9.59 Å². The molecule has 16 heavy (non-hydrogen) atoms. The van der Waals surface area contributed by atoms with E-state index in [1.807, 2.05) is 16.7 Å². The van der Waals surface area contributed by atoms with E-state index in [1.165, 1.54) is 0 Å². The second-order valence-electron chi connectivity index (χ2n) is 4.44. The van der Waals surface area contributed by atoms with E-state index in [0.717, 1.165) is 30.8 Å². The van der Waals surface area contributed by atoms with Gasteiger partial charge in [-0.1, -0.05) is 0 Å². The fourth-order valence-electron chi connectivity index (χ4n) is 2.14. The summed E-state index contributed by atoms with van der Waals surface area (Å²) < 4.78 is 0. The van der Waals surface area contributed by atoms with Gasteiger partial charge in [0.05, 0.1) is 6.42 Å². The summed E-state index contributed by atoms with van der Waals surface area (Å²) in [6.07, 6.45) is 3.38. The fraction of sp³-hybridized carbons (Fsp3) is 0.818. The first-order valence-corrected chi connectivity index (χ1v) is 6.94. The molecule has 1 amide bonds. The number of carboxylic acids is 1. The smallest absolute Gasteiger partial charge is 0.303 e. The Bertz CT molecular complexity index is 285. The number of rotatable bonds is 5. The molecule has 4 nitrogen and oxygen atoms in total. The number of carbonyl (C=O) groups excluding carboxylic acids is 1. The Morgan fingerprint density at radius 3 is 2.44 bits per heavy atom. The summed E-state index contributed by atoms with van der Waals surface area (Å²) in [5.74, 6) is 1.30. The molecule has 2 aliphatic rings. The van der Waals surface area contributed by atoms with Crippen LogP contribution in [0.2, 0.25) is 0 Å². The van der Waals surface area contributed by atoms with Gasteiger partial charge >= 0.3 is 5.97 Å². The standard InChI is InChI=1S/C11H17NO3S/c13-10(3-4-11(14)15)12(8-1-2-8)9-5-6-16-7-9/h8-9H,1-7H2,(H,14,15)/t9-/m0/s1. The SMILES string of the molecule is O=C(O)CCC(=O)N(C1CC1)[C@H]1CCSC1. The molecule has 90 valence electrons. The molecule has 0 aromatic heterocycles. The summed E-state index contributed by atoms with van der Waals surface area (Å²) >= 11 is 1.89. The second-order valence-corrected chi connectivity index (χ2v) is 5.59. The average Bonchev–Trinajstić information content (AvgIpc) is 2.91. The van der Waals surface area contributed by atoms with Crippen LogP contribution >= 0.6 is 11.8 Å². The molecule has 0 unspecified atom stereocenters. The molecule has 2 rings (SSSR count). The van der Waals surface area contributed by atoms with Crippen LogP contribution in [0, 0.1) is 0 Å². The predicted octanol–water partition coefficient (Wildman–Crippen LogP) is 1.35. The van der Waals surface area contributed by atoms with Gasteiger partial charge in [-0.3, -0.25) is 9.59 Å². The number of thioether (sulfide) groups is 1. The Kier molecular flexibility index (Phi) is 3.74. The fourth-order valence-corrected chi connectivity index (χ4v) is 3.35. The third kappa shape index (κ3) is 2.90. The highest BCUT2D eigenvalue weighted by Crippen LogP contribution is 2.34. The number of hydrogen-bond donors (Lipinski definition) is 1. The van der Waals surface area contributed by atoms with E-state index < -0.39 is 5.97 Å². The maximum Gasteiger partial charge on any atom is 0.303 e. The molecule has 1 heterocycles. The molecule has 0 spiro atoms. The van der Waals surface area contributed by atoms with Gasteiger partial charge in [0.15, 0.2) is 0 Å². The van der Waals surface area contributed by atoms with Gasteiger partial charge in [0.1, 0.15) is 0 Å². The van der Waals surface area contributed by atoms with Crippen LogP contribution in [0.4, 0.5) is 0 Å². The molecule has 1 atom stereocenters. The Balaban J connectivity index is 1.90. The molecular formula is C11H17NO3S. The number of carboxylic acid groups (broad SMARTS) is 1. The van der Waals surface area contributed by atoms with Gasteiger partial charge in [0, 0.05) is 24.3 Å². The Hall–Kier alpha value is -0.710. The first-order chi connectivity index (χ1) is 7.68. The molecule has 0 bridgehead atoms. The highest BCUT2D eigenvalue weighted by molar-refractivity contribution is 7.99. The first-order valence-electron chi connectivity index (χ1n) is 5.79. The van der Waals surface area contributed by atoms with Crippen molar-refractivity contribution in [1.82, 2.24) is 4.90 Å². The van der Waals surface area contributed by atoms with Crippen molar-refractivity contribution in [2.45, 2.75) is 44.2 Å². The predicted molar refractivity (Wildman–Crippen MR) is 62.5 cm³/mol. The van der Waals surface area contributed by atoms with E-state index in [2.05, 4.69) is 0 Å². The summed E-state index contributed by atoms with van der Waals surface area (Å²) in [4.78, 5) is 24.4. The van der Waals surface area contributed by atoms with Crippen molar-refractivity contribution in [3.8, 4) is 0 Å². The van der Waals surface area contributed by atoms with E-state index in [1.54, 1.807) is 0 Å². The van der Waals surface area contributed by atoms with Crippen molar-refractivity contribution in [1.29, 1.82) is 0 Å². The van der Waals surface area contributed by atoms with E-state index in [-0.39, 0.29) is 18.7 Å². The minimum Gasteiger partial charge on any atom is -0.481 e. The molecule has 1 N–H and O–H groups in total. The maximum atomic E-state index is 12.0. The van der Waals surface area contributed by atoms with Crippen LogP contribution in [0.15, 0.2) is 0 Å². The van der Waals surface area contributed by atoms with Crippen molar-refractivity contribution in [3.63, 3.8) is 0 Å². The molecule has 0 aromatic rings. The Morgan fingerprint density at radius 2 is 1.94 bits per heavy atom. The molecule has 5 heteroatoms.